The van der Waals surface area contributed by atoms with Crippen LogP contribution in [0.25, 0.3) is 6.08 Å². The van der Waals surface area contributed by atoms with E-state index in [0.717, 1.165) is 0 Å². The number of esters is 1. The van der Waals surface area contributed by atoms with Crippen LogP contribution in [0.1, 0.15) is 28.4 Å². The first-order valence-electron chi connectivity index (χ1n) is 7.93. The van der Waals surface area contributed by atoms with Gasteiger partial charge in [0.15, 0.2) is 5.76 Å². The molecule has 6 heteroatoms. The van der Waals surface area contributed by atoms with Gasteiger partial charge < -0.3 is 18.9 Å². The summed E-state index contributed by atoms with van der Waals surface area (Å²) >= 11 is 0. The Morgan fingerprint density at radius 2 is 1.85 bits per heavy atom. The largest absolute Gasteiger partial charge is 0.497 e. The molecule has 2 aromatic rings. The molecule has 0 saturated heterocycles. The number of ketones is 1. The lowest BCUT2D eigenvalue weighted by molar-refractivity contribution is -0.131. The maximum atomic E-state index is 12.6. The molecule has 0 N–H and O–H groups in total. The molecule has 134 valence electrons. The van der Waals surface area contributed by atoms with Gasteiger partial charge in [0.1, 0.15) is 23.0 Å². The SMILES string of the molecule is COc1ccc(C=C2Oc3c(ccc(OC(C)=O)c3C)C2=O)c(OC)c1. The Kier molecular flexibility index (Phi) is 4.67. The molecule has 0 atom stereocenters. The van der Waals surface area contributed by atoms with E-state index >= 15 is 0 Å². The number of fused-ring (bicyclic) bond motifs is 1. The monoisotopic (exact) mass is 354 g/mol. The number of methoxy groups -OCH3 is 2. The summed E-state index contributed by atoms with van der Waals surface area (Å²) in [7, 11) is 3.11. The molecule has 1 aliphatic rings. The number of rotatable bonds is 4. The Hall–Kier alpha value is -3.28. The van der Waals surface area contributed by atoms with Gasteiger partial charge in [0, 0.05) is 24.1 Å². The van der Waals surface area contributed by atoms with E-state index in [0.29, 0.717) is 39.7 Å². The van der Waals surface area contributed by atoms with Crippen LogP contribution < -0.4 is 18.9 Å². The van der Waals surface area contributed by atoms with Gasteiger partial charge in [-0.15, -0.1) is 0 Å². The maximum Gasteiger partial charge on any atom is 0.308 e. The van der Waals surface area contributed by atoms with Gasteiger partial charge in [-0.25, -0.2) is 0 Å². The molecule has 0 unspecified atom stereocenters. The summed E-state index contributed by atoms with van der Waals surface area (Å²) in [5.74, 6) is 1.46. The van der Waals surface area contributed by atoms with Crippen LogP contribution in [-0.2, 0) is 4.79 Å². The number of Topliss-reactive ketones (excluding diaryl/α,β-unsaturated/α-hetero) is 1. The lowest BCUT2D eigenvalue weighted by Crippen LogP contribution is -2.03. The van der Waals surface area contributed by atoms with Crippen LogP contribution in [0.3, 0.4) is 0 Å². The molecule has 3 rings (SSSR count). The van der Waals surface area contributed by atoms with Gasteiger partial charge in [0.2, 0.25) is 5.78 Å². The summed E-state index contributed by atoms with van der Waals surface area (Å²) in [4.78, 5) is 23.8. The molecule has 1 heterocycles. The standard InChI is InChI=1S/C20H18O6/c1-11-16(25-12(2)21)8-7-15-19(22)18(26-20(11)15)9-13-5-6-14(23-3)10-17(13)24-4/h5-10H,1-4H3. The highest BCUT2D eigenvalue weighted by atomic mass is 16.5. The lowest BCUT2D eigenvalue weighted by Gasteiger charge is -2.09. The second kappa shape index (κ2) is 6.92. The van der Waals surface area contributed by atoms with Crippen molar-refractivity contribution in [1.29, 1.82) is 0 Å². The third kappa shape index (κ3) is 3.13. The van der Waals surface area contributed by atoms with E-state index in [2.05, 4.69) is 0 Å². The average Bonchev–Trinajstić information content (AvgIpc) is 2.94. The zero-order valence-electron chi connectivity index (χ0n) is 14.9. The Bertz CT molecular complexity index is 926. The van der Waals surface area contributed by atoms with Gasteiger partial charge in [0.05, 0.1) is 19.8 Å². The van der Waals surface area contributed by atoms with E-state index in [-0.39, 0.29) is 11.5 Å². The molecule has 0 spiro atoms. The van der Waals surface area contributed by atoms with Crippen molar-refractivity contribution in [2.24, 2.45) is 0 Å². The molecule has 0 saturated carbocycles. The number of hydrogen-bond acceptors (Lipinski definition) is 6. The Morgan fingerprint density at radius 1 is 1.08 bits per heavy atom. The minimum atomic E-state index is -0.434. The van der Waals surface area contributed by atoms with Crippen molar-refractivity contribution in [3.63, 3.8) is 0 Å². The molecule has 26 heavy (non-hydrogen) atoms. The van der Waals surface area contributed by atoms with Crippen molar-refractivity contribution in [2.75, 3.05) is 14.2 Å². The molecule has 6 nitrogen and oxygen atoms in total. The lowest BCUT2D eigenvalue weighted by atomic mass is 10.1. The van der Waals surface area contributed by atoms with Crippen molar-refractivity contribution in [3.05, 3.63) is 52.8 Å². The summed E-state index contributed by atoms with van der Waals surface area (Å²) in [6.45, 7) is 3.06. The average molecular weight is 354 g/mol. The first-order chi connectivity index (χ1) is 12.4. The van der Waals surface area contributed by atoms with Crippen LogP contribution in [0.4, 0.5) is 0 Å². The van der Waals surface area contributed by atoms with Crippen LogP contribution >= 0.6 is 0 Å². The molecule has 0 aromatic heterocycles. The number of benzene rings is 2. The predicted octanol–water partition coefficient (Wildman–Crippen LogP) is 3.55. The summed E-state index contributed by atoms with van der Waals surface area (Å²) in [5, 5.41) is 0. The van der Waals surface area contributed by atoms with E-state index in [1.54, 1.807) is 57.6 Å². The fourth-order valence-electron chi connectivity index (χ4n) is 2.71. The molecular weight excluding hydrogens is 336 g/mol. The van der Waals surface area contributed by atoms with Crippen LogP contribution in [0, 0.1) is 6.92 Å². The van der Waals surface area contributed by atoms with E-state index in [1.165, 1.54) is 6.92 Å². The van der Waals surface area contributed by atoms with Gasteiger partial charge in [-0.3, -0.25) is 9.59 Å². The van der Waals surface area contributed by atoms with Crippen molar-refractivity contribution < 1.29 is 28.5 Å². The predicted molar refractivity (Wildman–Crippen MR) is 95.0 cm³/mol. The first-order valence-corrected chi connectivity index (χ1v) is 7.93. The van der Waals surface area contributed by atoms with Crippen molar-refractivity contribution in [3.8, 4) is 23.0 Å². The smallest absolute Gasteiger partial charge is 0.308 e. The molecule has 0 fully saturated rings. The molecule has 2 aromatic carbocycles. The molecule has 0 aliphatic carbocycles. The second-order valence-electron chi connectivity index (χ2n) is 5.71. The normalized spacial score (nSPS) is 14.0. The Balaban J connectivity index is 1.99. The van der Waals surface area contributed by atoms with Crippen molar-refractivity contribution in [2.45, 2.75) is 13.8 Å². The Morgan fingerprint density at radius 3 is 2.50 bits per heavy atom. The van der Waals surface area contributed by atoms with Crippen LogP contribution in [0.5, 0.6) is 23.0 Å². The summed E-state index contributed by atoms with van der Waals surface area (Å²) < 4.78 is 21.4. The minimum absolute atomic E-state index is 0.173. The van der Waals surface area contributed by atoms with E-state index in [4.69, 9.17) is 18.9 Å². The summed E-state index contributed by atoms with van der Waals surface area (Å²) in [6, 6.07) is 8.46. The summed E-state index contributed by atoms with van der Waals surface area (Å²) in [6.07, 6.45) is 1.62. The maximum absolute atomic E-state index is 12.6. The van der Waals surface area contributed by atoms with Gasteiger partial charge in [-0.05, 0) is 37.3 Å². The molecule has 1 aliphatic heterocycles. The highest BCUT2D eigenvalue weighted by molar-refractivity contribution is 6.15. The molecule has 0 radical (unpaired) electrons. The number of carbonyl (C=O) groups is 2. The fraction of sp³-hybridized carbons (Fsp3) is 0.200. The fourth-order valence-corrected chi connectivity index (χ4v) is 2.71. The van der Waals surface area contributed by atoms with Gasteiger partial charge in [-0.2, -0.15) is 0 Å². The Labute approximate surface area is 150 Å². The topological polar surface area (TPSA) is 71.1 Å². The van der Waals surface area contributed by atoms with Crippen LogP contribution in [0.2, 0.25) is 0 Å². The summed E-state index contributed by atoms with van der Waals surface area (Å²) in [5.41, 5.74) is 1.70. The highest BCUT2D eigenvalue weighted by Crippen LogP contribution is 2.40. The number of carbonyl (C=O) groups excluding carboxylic acids is 2. The van der Waals surface area contributed by atoms with Crippen LogP contribution in [0.15, 0.2) is 36.1 Å². The van der Waals surface area contributed by atoms with Crippen LogP contribution in [-0.4, -0.2) is 26.0 Å². The minimum Gasteiger partial charge on any atom is -0.497 e. The number of ether oxygens (including phenoxy) is 4. The molecule has 0 amide bonds. The van der Waals surface area contributed by atoms with Crippen molar-refractivity contribution in [1.82, 2.24) is 0 Å². The molecular formula is C20H18O6. The van der Waals surface area contributed by atoms with E-state index in [1.807, 2.05) is 0 Å². The van der Waals surface area contributed by atoms with E-state index in [9.17, 15) is 9.59 Å². The quantitative estimate of drug-likeness (QED) is 0.475. The number of hydrogen-bond donors (Lipinski definition) is 0. The van der Waals surface area contributed by atoms with Crippen molar-refractivity contribution >= 4 is 17.8 Å². The van der Waals surface area contributed by atoms with E-state index < -0.39 is 5.97 Å². The van der Waals surface area contributed by atoms with Gasteiger partial charge in [-0.1, -0.05) is 0 Å². The van der Waals surface area contributed by atoms with Gasteiger partial charge >= 0.3 is 5.97 Å². The van der Waals surface area contributed by atoms with Gasteiger partial charge in [0.25, 0.3) is 0 Å². The molecule has 0 bridgehead atoms. The zero-order valence-corrected chi connectivity index (χ0v) is 14.9. The highest BCUT2D eigenvalue weighted by Gasteiger charge is 2.30. The zero-order chi connectivity index (χ0) is 18.8. The third-order valence-electron chi connectivity index (χ3n) is 4.02. The number of allylic oxidation sites excluding steroid dienone is 1. The first kappa shape index (κ1) is 17.5. The third-order valence-corrected chi connectivity index (χ3v) is 4.02. The second-order valence-corrected chi connectivity index (χ2v) is 5.71.